The lowest BCUT2D eigenvalue weighted by Gasteiger charge is -2.05. The molecule has 2 rings (SSSR count). The molecule has 16 heavy (non-hydrogen) atoms. The molecule has 0 saturated heterocycles. The monoisotopic (exact) mass is 254 g/mol. The second kappa shape index (κ2) is 4.95. The molecule has 1 aromatic heterocycles. The molecule has 0 bridgehead atoms. The number of nitrogens with zero attached hydrogens (tertiary/aromatic N) is 1. The number of aromatic nitrogens is 1. The van der Waals surface area contributed by atoms with Crippen LogP contribution < -0.4 is 5.73 Å². The highest BCUT2D eigenvalue weighted by Crippen LogP contribution is 2.32. The predicted octanol–water partition coefficient (Wildman–Crippen LogP) is 3.20. The Morgan fingerprint density at radius 2 is 2.31 bits per heavy atom. The van der Waals surface area contributed by atoms with Crippen LogP contribution in [-0.4, -0.2) is 4.98 Å². The maximum absolute atomic E-state index is 13.0. The van der Waals surface area contributed by atoms with Gasteiger partial charge in [-0.3, -0.25) is 0 Å². The third-order valence-electron chi connectivity index (χ3n) is 2.04. The van der Waals surface area contributed by atoms with E-state index in [0.29, 0.717) is 6.54 Å². The van der Waals surface area contributed by atoms with Gasteiger partial charge in [0.05, 0.1) is 0 Å². The molecule has 0 amide bonds. The van der Waals surface area contributed by atoms with Crippen molar-refractivity contribution in [1.29, 1.82) is 0 Å². The highest BCUT2D eigenvalue weighted by Gasteiger charge is 2.07. The summed E-state index contributed by atoms with van der Waals surface area (Å²) < 4.78 is 14.0. The van der Waals surface area contributed by atoms with Gasteiger partial charge in [-0.15, -0.1) is 11.3 Å². The highest BCUT2D eigenvalue weighted by molar-refractivity contribution is 8.01. The first-order valence-electron chi connectivity index (χ1n) is 4.77. The smallest absolute Gasteiger partial charge is 0.154 e. The third kappa shape index (κ3) is 2.61. The lowest BCUT2D eigenvalue weighted by molar-refractivity contribution is 0.623. The molecule has 2 N–H and O–H groups in total. The molecule has 0 aliphatic carbocycles. The molecule has 0 unspecified atom stereocenters. The average Bonchev–Trinajstić information content (AvgIpc) is 2.67. The van der Waals surface area contributed by atoms with Gasteiger partial charge in [0.15, 0.2) is 4.34 Å². The maximum atomic E-state index is 13.0. The van der Waals surface area contributed by atoms with Gasteiger partial charge in [-0.25, -0.2) is 9.37 Å². The fourth-order valence-corrected chi connectivity index (χ4v) is 3.19. The van der Waals surface area contributed by atoms with Crippen molar-refractivity contribution in [2.75, 3.05) is 0 Å². The Balaban J connectivity index is 2.27. The van der Waals surface area contributed by atoms with E-state index in [2.05, 4.69) is 4.98 Å². The van der Waals surface area contributed by atoms with Gasteiger partial charge >= 0.3 is 0 Å². The minimum Gasteiger partial charge on any atom is -0.326 e. The normalized spacial score (nSPS) is 10.7. The van der Waals surface area contributed by atoms with Crippen LogP contribution in [0.25, 0.3) is 0 Å². The van der Waals surface area contributed by atoms with Gasteiger partial charge in [0.1, 0.15) is 5.82 Å². The van der Waals surface area contributed by atoms with E-state index in [1.165, 1.54) is 23.9 Å². The van der Waals surface area contributed by atoms with Gasteiger partial charge in [0.25, 0.3) is 0 Å². The Kier molecular flexibility index (Phi) is 3.58. The molecule has 0 aliphatic rings. The van der Waals surface area contributed by atoms with Crippen molar-refractivity contribution >= 4 is 23.1 Å². The van der Waals surface area contributed by atoms with E-state index in [0.717, 1.165) is 20.5 Å². The average molecular weight is 254 g/mol. The van der Waals surface area contributed by atoms with Gasteiger partial charge in [0, 0.05) is 22.5 Å². The molecule has 0 radical (unpaired) electrons. The number of hydrogen-bond acceptors (Lipinski definition) is 4. The molecule has 2 nitrogen and oxygen atoms in total. The zero-order valence-electron chi connectivity index (χ0n) is 8.74. The molecule has 0 spiro atoms. The molecule has 0 aliphatic heterocycles. The van der Waals surface area contributed by atoms with Crippen molar-refractivity contribution in [3.8, 4) is 0 Å². The summed E-state index contributed by atoms with van der Waals surface area (Å²) in [6, 6.07) is 4.67. The van der Waals surface area contributed by atoms with Crippen molar-refractivity contribution in [2.24, 2.45) is 5.73 Å². The van der Waals surface area contributed by atoms with E-state index in [9.17, 15) is 4.39 Å². The minimum absolute atomic E-state index is 0.250. The first kappa shape index (κ1) is 11.6. The van der Waals surface area contributed by atoms with Crippen molar-refractivity contribution in [3.05, 3.63) is 40.7 Å². The quantitative estimate of drug-likeness (QED) is 0.914. The first-order chi connectivity index (χ1) is 7.69. The van der Waals surface area contributed by atoms with Crippen LogP contribution in [-0.2, 0) is 6.54 Å². The van der Waals surface area contributed by atoms with E-state index >= 15 is 0 Å². The first-order valence-corrected chi connectivity index (χ1v) is 6.47. The number of aryl methyl sites for hydroxylation is 1. The Bertz CT molecular complexity index is 496. The molecular formula is C11H11FN2S2. The van der Waals surface area contributed by atoms with Crippen LogP contribution in [0.4, 0.5) is 4.39 Å². The van der Waals surface area contributed by atoms with Crippen LogP contribution in [0.2, 0.25) is 0 Å². The Hall–Kier alpha value is -0.910. The second-order valence-electron chi connectivity index (χ2n) is 3.31. The molecule has 84 valence electrons. The van der Waals surface area contributed by atoms with Crippen LogP contribution in [0.3, 0.4) is 0 Å². The summed E-state index contributed by atoms with van der Waals surface area (Å²) in [5.41, 5.74) is 7.40. The summed E-state index contributed by atoms with van der Waals surface area (Å²) in [7, 11) is 0. The van der Waals surface area contributed by atoms with E-state index in [1.54, 1.807) is 17.4 Å². The summed E-state index contributed by atoms with van der Waals surface area (Å²) in [5, 5.41) is 1.99. The van der Waals surface area contributed by atoms with E-state index < -0.39 is 0 Å². The molecule has 0 fully saturated rings. The van der Waals surface area contributed by atoms with Crippen molar-refractivity contribution in [3.63, 3.8) is 0 Å². The molecule has 1 heterocycles. The zero-order valence-corrected chi connectivity index (χ0v) is 10.4. The largest absolute Gasteiger partial charge is 0.326 e. The Labute approximate surface area is 102 Å². The molecular weight excluding hydrogens is 243 g/mol. The summed E-state index contributed by atoms with van der Waals surface area (Å²) >= 11 is 3.11. The zero-order chi connectivity index (χ0) is 11.5. The lowest BCUT2D eigenvalue weighted by atomic mass is 10.2. The fourth-order valence-electron chi connectivity index (χ4n) is 1.28. The van der Waals surface area contributed by atoms with Gasteiger partial charge in [0.2, 0.25) is 0 Å². The Morgan fingerprint density at radius 1 is 1.50 bits per heavy atom. The van der Waals surface area contributed by atoms with E-state index in [1.807, 2.05) is 12.3 Å². The molecule has 2 aromatic rings. The number of halogens is 1. The molecule has 0 atom stereocenters. The summed E-state index contributed by atoms with van der Waals surface area (Å²) in [4.78, 5) is 5.32. The summed E-state index contributed by atoms with van der Waals surface area (Å²) in [5.74, 6) is -0.250. The van der Waals surface area contributed by atoms with Crippen LogP contribution in [0.1, 0.15) is 11.3 Å². The van der Waals surface area contributed by atoms with Crippen molar-refractivity contribution < 1.29 is 4.39 Å². The standard InChI is InChI=1S/C11H11FN2S2/c1-7-6-15-11(14-7)16-10-3-2-9(12)4-8(10)5-13/h2-4,6H,5,13H2,1H3. The SMILES string of the molecule is Cc1csc(Sc2ccc(F)cc2CN)n1. The predicted molar refractivity (Wildman–Crippen MR) is 65.3 cm³/mol. The topological polar surface area (TPSA) is 38.9 Å². The van der Waals surface area contributed by atoms with Gasteiger partial charge < -0.3 is 5.73 Å². The van der Waals surface area contributed by atoms with Gasteiger partial charge in [-0.1, -0.05) is 11.8 Å². The van der Waals surface area contributed by atoms with Crippen molar-refractivity contribution in [2.45, 2.75) is 22.7 Å². The summed E-state index contributed by atoms with van der Waals surface area (Å²) in [6.07, 6.45) is 0. The highest BCUT2D eigenvalue weighted by atomic mass is 32.2. The van der Waals surface area contributed by atoms with E-state index in [4.69, 9.17) is 5.73 Å². The molecule has 5 heteroatoms. The molecule has 1 aromatic carbocycles. The van der Waals surface area contributed by atoms with Crippen LogP contribution in [0.15, 0.2) is 32.8 Å². The third-order valence-corrected chi connectivity index (χ3v) is 4.21. The van der Waals surface area contributed by atoms with Crippen LogP contribution in [0.5, 0.6) is 0 Å². The number of benzene rings is 1. The number of rotatable bonds is 3. The number of thiazole rings is 1. The van der Waals surface area contributed by atoms with Gasteiger partial charge in [-0.2, -0.15) is 0 Å². The minimum atomic E-state index is -0.250. The van der Waals surface area contributed by atoms with Gasteiger partial charge in [-0.05, 0) is 30.7 Å². The number of hydrogen-bond donors (Lipinski definition) is 1. The lowest BCUT2D eigenvalue weighted by Crippen LogP contribution is -1.98. The van der Waals surface area contributed by atoms with E-state index in [-0.39, 0.29) is 5.82 Å². The van der Waals surface area contributed by atoms with Crippen molar-refractivity contribution in [1.82, 2.24) is 4.98 Å². The number of nitrogens with two attached hydrogens (primary N) is 1. The fraction of sp³-hybridized carbons (Fsp3) is 0.182. The summed E-state index contributed by atoms with van der Waals surface area (Å²) in [6.45, 7) is 2.29. The molecule has 0 saturated carbocycles. The second-order valence-corrected chi connectivity index (χ2v) is 5.46. The Morgan fingerprint density at radius 3 is 2.94 bits per heavy atom. The van der Waals surface area contributed by atoms with Crippen LogP contribution >= 0.6 is 23.1 Å². The van der Waals surface area contributed by atoms with Crippen LogP contribution in [0, 0.1) is 12.7 Å². The maximum Gasteiger partial charge on any atom is 0.154 e.